The van der Waals surface area contributed by atoms with Gasteiger partial charge in [-0.25, -0.2) is 9.97 Å². The van der Waals surface area contributed by atoms with Crippen LogP contribution in [0.25, 0.3) is 34.2 Å². The number of nitrogens with zero attached hydrogens (tertiary/aromatic N) is 4. The van der Waals surface area contributed by atoms with E-state index in [-0.39, 0.29) is 21.1 Å². The van der Waals surface area contributed by atoms with Gasteiger partial charge in [0.2, 0.25) is 5.89 Å². The van der Waals surface area contributed by atoms with Crippen molar-refractivity contribution in [3.63, 3.8) is 0 Å². The van der Waals surface area contributed by atoms with E-state index in [0.29, 0.717) is 5.89 Å². The van der Waals surface area contributed by atoms with Crippen molar-refractivity contribution in [2.24, 2.45) is 0 Å². The first-order valence-corrected chi connectivity index (χ1v) is 9.00. The van der Waals surface area contributed by atoms with Crippen LogP contribution < -0.4 is 0 Å². The molecule has 0 aliphatic carbocycles. The Morgan fingerprint density at radius 1 is 0.913 bits per heavy atom. The second-order valence-electron chi connectivity index (χ2n) is 4.57. The first kappa shape index (κ1) is 15.3. The van der Waals surface area contributed by atoms with E-state index >= 15 is 0 Å². The monoisotopic (exact) mass is 537 g/mol. The van der Waals surface area contributed by atoms with Gasteiger partial charge in [-0.2, -0.15) is 0 Å². The van der Waals surface area contributed by atoms with Crippen LogP contribution >= 0.6 is 34.9 Å². The predicted molar refractivity (Wildman–Crippen MR) is 92.4 cm³/mol. The summed E-state index contributed by atoms with van der Waals surface area (Å²) in [7, 11) is 0. The Morgan fingerprint density at radius 2 is 1.65 bits per heavy atom. The summed E-state index contributed by atoms with van der Waals surface area (Å²) in [6.07, 6.45) is 5.43. The maximum Gasteiger partial charge on any atom is 2.00 e. The molecular weight excluding hydrogens is 531 g/mol. The van der Waals surface area contributed by atoms with E-state index in [1.807, 2.05) is 28.3 Å². The maximum atomic E-state index is 5.49. The molecule has 0 spiro atoms. The zero-order valence-corrected chi connectivity index (χ0v) is 15.9. The van der Waals surface area contributed by atoms with Crippen LogP contribution in [-0.4, -0.2) is 9.97 Å². The maximum absolute atomic E-state index is 5.49. The number of thiazole rings is 1. The number of rotatable bonds is 0. The van der Waals surface area contributed by atoms with Crippen LogP contribution in [0.5, 0.6) is 0 Å². The predicted octanol–water partition coefficient (Wildman–Crippen LogP) is 5.28. The van der Waals surface area contributed by atoms with Gasteiger partial charge in [0, 0.05) is 5.38 Å². The van der Waals surface area contributed by atoms with Gasteiger partial charge in [-0.15, -0.1) is 40.6 Å². The number of oxazole rings is 1. The number of fused-ring (bicyclic) bond motifs is 10. The van der Waals surface area contributed by atoms with Crippen LogP contribution in [0, 0.1) is 0 Å². The zero-order valence-electron chi connectivity index (χ0n) is 11.2. The quantitative estimate of drug-likeness (QED) is 0.458. The van der Waals surface area contributed by atoms with Crippen LogP contribution in [0.2, 0.25) is 0 Å². The van der Waals surface area contributed by atoms with Crippen molar-refractivity contribution in [1.82, 2.24) is 9.97 Å². The summed E-state index contributed by atoms with van der Waals surface area (Å²) in [6, 6.07) is 0. The Kier molecular flexibility index (Phi) is 4.01. The molecule has 0 unspecified atom stereocenters. The van der Waals surface area contributed by atoms with Crippen LogP contribution in [0.3, 0.4) is 0 Å². The fourth-order valence-corrected chi connectivity index (χ4v) is 4.37. The minimum absolute atomic E-state index is 0. The van der Waals surface area contributed by atoms with Crippen molar-refractivity contribution in [2.75, 3.05) is 0 Å². The molecule has 0 saturated carbocycles. The summed E-state index contributed by atoms with van der Waals surface area (Å²) in [4.78, 5) is 9.07. The van der Waals surface area contributed by atoms with E-state index in [2.05, 4.69) is 20.6 Å². The third-order valence-corrected chi connectivity index (χ3v) is 5.48. The summed E-state index contributed by atoms with van der Waals surface area (Å²) < 4.78 is 5.49. The fraction of sp³-hybridized carbons (Fsp3) is 0. The number of aromatic nitrogens is 2. The molecule has 5 rings (SSSR count). The van der Waals surface area contributed by atoms with Crippen molar-refractivity contribution in [3.8, 4) is 0 Å². The second-order valence-corrected chi connectivity index (χ2v) is 7.24. The first-order chi connectivity index (χ1) is 10.8. The van der Waals surface area contributed by atoms with Crippen LogP contribution in [-0.2, 0) is 21.1 Å². The van der Waals surface area contributed by atoms with Crippen LogP contribution in [0.4, 0.5) is 0 Å². The molecule has 2 aromatic rings. The normalized spacial score (nSPS) is 17.7. The summed E-state index contributed by atoms with van der Waals surface area (Å²) in [5.41, 5.74) is 3.30. The smallest absolute Gasteiger partial charge is 0.650 e. The standard InChI is InChI=1S/C14H6N4OS3.Pt/c1-11-15-7(3-19-11)8-4-21-13(16-8)2-14-18-10(6-22-14)9-5-20-12(1)17-9;/h1-6H;/q-2;+2. The summed E-state index contributed by atoms with van der Waals surface area (Å²) >= 11 is 4.70. The molecule has 2 aromatic heterocycles. The molecule has 0 radical (unpaired) electrons. The molecule has 116 valence electrons. The molecule has 5 nitrogen and oxygen atoms in total. The third kappa shape index (κ3) is 2.84. The minimum Gasteiger partial charge on any atom is -0.650 e. The van der Waals surface area contributed by atoms with Gasteiger partial charge in [0.15, 0.2) is 0 Å². The molecule has 0 saturated heterocycles. The molecule has 0 N–H and O–H groups in total. The molecule has 5 heterocycles. The summed E-state index contributed by atoms with van der Waals surface area (Å²) in [5.74, 6) is 0.533. The molecule has 3 aliphatic heterocycles. The van der Waals surface area contributed by atoms with Crippen molar-refractivity contribution >= 4 is 58.4 Å². The molecule has 3 aliphatic rings. The summed E-state index contributed by atoms with van der Waals surface area (Å²) in [5, 5.41) is 17.8. The first-order valence-electron chi connectivity index (χ1n) is 6.36. The number of hydrogen-bond acceptors (Lipinski definition) is 6. The van der Waals surface area contributed by atoms with Gasteiger partial charge in [0.25, 0.3) is 0 Å². The van der Waals surface area contributed by atoms with Crippen molar-refractivity contribution < 1.29 is 25.5 Å². The van der Waals surface area contributed by atoms with Gasteiger partial charge < -0.3 is 15.1 Å². The van der Waals surface area contributed by atoms with Gasteiger partial charge >= 0.3 is 21.1 Å². The molecule has 8 bridgehead atoms. The Labute approximate surface area is 158 Å². The van der Waals surface area contributed by atoms with E-state index in [1.54, 1.807) is 41.1 Å². The minimum atomic E-state index is 0. The molecule has 0 atom stereocenters. The molecule has 0 amide bonds. The Morgan fingerprint density at radius 3 is 2.48 bits per heavy atom. The summed E-state index contributed by atoms with van der Waals surface area (Å²) in [6.45, 7) is 0. The SMILES string of the molecule is C1=C2[N-]C(=CS2)c2coc(n2)C=C2[N-]C(=CS2)c2csc1n2.[Pt+2]. The van der Waals surface area contributed by atoms with Gasteiger partial charge in [-0.3, -0.25) is 0 Å². The average Bonchev–Trinajstić information content (AvgIpc) is 3.24. The van der Waals surface area contributed by atoms with E-state index in [4.69, 9.17) is 4.42 Å². The van der Waals surface area contributed by atoms with Gasteiger partial charge in [0.05, 0.1) is 11.4 Å². The van der Waals surface area contributed by atoms with Crippen molar-refractivity contribution in [1.29, 1.82) is 0 Å². The van der Waals surface area contributed by atoms with E-state index in [1.165, 1.54) is 0 Å². The van der Waals surface area contributed by atoms with E-state index < -0.39 is 0 Å². The van der Waals surface area contributed by atoms with Crippen molar-refractivity contribution in [3.05, 3.63) is 65.4 Å². The van der Waals surface area contributed by atoms with E-state index in [9.17, 15) is 0 Å². The van der Waals surface area contributed by atoms with Gasteiger partial charge in [0.1, 0.15) is 11.3 Å². The van der Waals surface area contributed by atoms with Crippen molar-refractivity contribution in [2.45, 2.75) is 0 Å². The molecule has 0 fully saturated rings. The van der Waals surface area contributed by atoms with Gasteiger partial charge in [-0.1, -0.05) is 15.8 Å². The second kappa shape index (κ2) is 6.01. The fourth-order valence-electron chi connectivity index (χ4n) is 2.10. The Bertz CT molecular complexity index is 835. The molecule has 0 aromatic carbocycles. The van der Waals surface area contributed by atoms with Crippen LogP contribution in [0.1, 0.15) is 22.3 Å². The number of thioether (sulfide) groups is 2. The molecule has 23 heavy (non-hydrogen) atoms. The zero-order chi connectivity index (χ0) is 14.5. The third-order valence-electron chi connectivity index (χ3n) is 3.11. The molecule has 9 heteroatoms. The largest absolute Gasteiger partial charge is 2.00 e. The Hall–Kier alpha value is -1.21. The molecular formula is C14H6N4OPtS3. The Balaban J connectivity index is 0.00000135. The topological polar surface area (TPSA) is 67.1 Å². The van der Waals surface area contributed by atoms with Gasteiger partial charge in [-0.05, 0) is 23.0 Å². The number of hydrogen-bond donors (Lipinski definition) is 0. The van der Waals surface area contributed by atoms with E-state index in [0.717, 1.165) is 37.8 Å². The average molecular weight is 538 g/mol. The van der Waals surface area contributed by atoms with Crippen LogP contribution in [0.15, 0.2) is 36.9 Å².